The van der Waals surface area contributed by atoms with Gasteiger partial charge in [-0.25, -0.2) is 0 Å². The summed E-state index contributed by atoms with van der Waals surface area (Å²) in [6.07, 6.45) is 1.84. The second kappa shape index (κ2) is 10.5. The van der Waals surface area contributed by atoms with E-state index in [1.165, 1.54) is 0 Å². The number of benzene rings is 1. The SMILES string of the molecule is C=C(N)/C(C(N)=NC(C)C)=C(/N)c1ccc(CC(=O)Nc2cc(-c3cccnc3C)no2)cc1. The van der Waals surface area contributed by atoms with Crippen LogP contribution in [0.25, 0.3) is 17.0 Å². The average molecular weight is 460 g/mol. The number of nitrogens with two attached hydrogens (primary N) is 3. The summed E-state index contributed by atoms with van der Waals surface area (Å²) in [7, 11) is 0. The normalized spacial score (nSPS) is 12.4. The van der Waals surface area contributed by atoms with E-state index in [9.17, 15) is 4.79 Å². The van der Waals surface area contributed by atoms with Crippen LogP contribution in [0.4, 0.5) is 5.88 Å². The van der Waals surface area contributed by atoms with Gasteiger partial charge in [-0.2, -0.15) is 0 Å². The molecule has 3 rings (SSSR count). The largest absolute Gasteiger partial charge is 0.399 e. The molecule has 9 nitrogen and oxygen atoms in total. The first-order valence-corrected chi connectivity index (χ1v) is 10.7. The number of hydrogen-bond donors (Lipinski definition) is 4. The predicted octanol–water partition coefficient (Wildman–Crippen LogP) is 3.13. The molecule has 176 valence electrons. The van der Waals surface area contributed by atoms with Gasteiger partial charge in [-0.3, -0.25) is 20.1 Å². The first-order valence-electron chi connectivity index (χ1n) is 10.7. The molecule has 1 amide bonds. The zero-order chi connectivity index (χ0) is 24.8. The van der Waals surface area contributed by atoms with E-state index in [-0.39, 0.29) is 35.8 Å². The summed E-state index contributed by atoms with van der Waals surface area (Å²) in [6.45, 7) is 9.45. The fraction of sp³-hybridized carbons (Fsp3) is 0.200. The van der Waals surface area contributed by atoms with Crippen molar-refractivity contribution in [2.24, 2.45) is 22.2 Å². The zero-order valence-electron chi connectivity index (χ0n) is 19.5. The number of carbonyl (C=O) groups excluding carboxylic acids is 1. The molecule has 0 aliphatic carbocycles. The van der Waals surface area contributed by atoms with Gasteiger partial charge in [-0.05, 0) is 44.0 Å². The molecule has 34 heavy (non-hydrogen) atoms. The molecule has 1 aromatic carbocycles. The maximum atomic E-state index is 12.5. The van der Waals surface area contributed by atoms with Crippen LogP contribution >= 0.6 is 0 Å². The third-order valence-electron chi connectivity index (χ3n) is 4.93. The maximum Gasteiger partial charge on any atom is 0.231 e. The van der Waals surface area contributed by atoms with Crippen molar-refractivity contribution in [2.75, 3.05) is 5.32 Å². The summed E-state index contributed by atoms with van der Waals surface area (Å²) in [6, 6.07) is 12.6. The molecule has 0 bridgehead atoms. The lowest BCUT2D eigenvalue weighted by molar-refractivity contribution is -0.115. The maximum absolute atomic E-state index is 12.5. The number of amidine groups is 1. The lowest BCUT2D eigenvalue weighted by atomic mass is 10.0. The minimum atomic E-state index is -0.244. The molecular weight excluding hydrogens is 430 g/mol. The Kier molecular flexibility index (Phi) is 7.47. The summed E-state index contributed by atoms with van der Waals surface area (Å²) in [5, 5.41) is 6.74. The van der Waals surface area contributed by atoms with Crippen molar-refractivity contribution in [1.82, 2.24) is 10.1 Å². The van der Waals surface area contributed by atoms with Crippen molar-refractivity contribution < 1.29 is 9.32 Å². The molecule has 7 N–H and O–H groups in total. The molecule has 0 saturated heterocycles. The van der Waals surface area contributed by atoms with Crippen LogP contribution in [0.2, 0.25) is 0 Å². The van der Waals surface area contributed by atoms with Gasteiger partial charge in [0.1, 0.15) is 11.5 Å². The topological polar surface area (TPSA) is 158 Å². The van der Waals surface area contributed by atoms with Gasteiger partial charge in [0.25, 0.3) is 0 Å². The Labute approximate surface area is 198 Å². The number of amides is 1. The summed E-state index contributed by atoms with van der Waals surface area (Å²) < 4.78 is 5.26. The molecule has 0 aliphatic heterocycles. The van der Waals surface area contributed by atoms with Crippen LogP contribution in [0.1, 0.15) is 30.7 Å². The van der Waals surface area contributed by atoms with Gasteiger partial charge in [0.05, 0.1) is 17.7 Å². The van der Waals surface area contributed by atoms with Crippen LogP contribution in [0.3, 0.4) is 0 Å². The minimum absolute atomic E-state index is 0.0168. The quantitative estimate of drug-likeness (QED) is 0.229. The van der Waals surface area contributed by atoms with Crippen molar-refractivity contribution in [3.63, 3.8) is 0 Å². The molecule has 0 radical (unpaired) electrons. The van der Waals surface area contributed by atoms with E-state index in [1.807, 2.05) is 32.9 Å². The summed E-state index contributed by atoms with van der Waals surface area (Å²) in [4.78, 5) is 21.0. The van der Waals surface area contributed by atoms with Crippen LogP contribution in [0.5, 0.6) is 0 Å². The Morgan fingerprint density at radius 3 is 2.50 bits per heavy atom. The van der Waals surface area contributed by atoms with Crippen LogP contribution < -0.4 is 22.5 Å². The number of aliphatic imine (C=N–C) groups is 1. The average Bonchev–Trinajstić information content (AvgIpc) is 3.21. The molecule has 9 heteroatoms. The lowest BCUT2D eigenvalue weighted by Crippen LogP contribution is -2.24. The van der Waals surface area contributed by atoms with Crippen molar-refractivity contribution in [3.8, 4) is 11.3 Å². The molecule has 0 saturated carbocycles. The van der Waals surface area contributed by atoms with E-state index in [1.54, 1.807) is 36.5 Å². The zero-order valence-corrected chi connectivity index (χ0v) is 19.5. The molecule has 0 unspecified atom stereocenters. The van der Waals surface area contributed by atoms with Crippen LogP contribution in [-0.4, -0.2) is 27.9 Å². The molecule has 2 heterocycles. The molecule has 0 spiro atoms. The van der Waals surface area contributed by atoms with Gasteiger partial charge < -0.3 is 21.7 Å². The molecular formula is C25H29N7O2. The number of carbonyl (C=O) groups is 1. The second-order valence-electron chi connectivity index (χ2n) is 8.06. The van der Waals surface area contributed by atoms with Crippen molar-refractivity contribution in [2.45, 2.75) is 33.2 Å². The Bertz CT molecular complexity index is 1250. The van der Waals surface area contributed by atoms with Crippen LogP contribution in [-0.2, 0) is 11.2 Å². The number of hydrogen-bond acceptors (Lipinski definition) is 7. The monoisotopic (exact) mass is 459 g/mol. The van der Waals surface area contributed by atoms with Crippen molar-refractivity contribution in [3.05, 3.63) is 83.3 Å². The third kappa shape index (κ3) is 5.89. The number of anilines is 1. The smallest absolute Gasteiger partial charge is 0.231 e. The van der Waals surface area contributed by atoms with Gasteiger partial charge in [0.15, 0.2) is 0 Å². The second-order valence-corrected chi connectivity index (χ2v) is 8.06. The highest BCUT2D eigenvalue weighted by Gasteiger charge is 2.14. The molecule has 0 fully saturated rings. The fourth-order valence-electron chi connectivity index (χ4n) is 3.35. The van der Waals surface area contributed by atoms with Crippen LogP contribution in [0, 0.1) is 6.92 Å². The van der Waals surface area contributed by atoms with E-state index in [4.69, 9.17) is 21.7 Å². The van der Waals surface area contributed by atoms with Gasteiger partial charge in [0.2, 0.25) is 11.8 Å². The third-order valence-corrected chi connectivity index (χ3v) is 4.93. The Morgan fingerprint density at radius 2 is 1.88 bits per heavy atom. The van der Waals surface area contributed by atoms with Gasteiger partial charge in [0, 0.05) is 35.3 Å². The summed E-state index contributed by atoms with van der Waals surface area (Å²) >= 11 is 0. The first-order chi connectivity index (χ1) is 16.2. The Morgan fingerprint density at radius 1 is 1.18 bits per heavy atom. The fourth-order valence-corrected chi connectivity index (χ4v) is 3.35. The van der Waals surface area contributed by atoms with E-state index >= 15 is 0 Å². The molecule has 3 aromatic rings. The summed E-state index contributed by atoms with van der Waals surface area (Å²) in [5.41, 5.74) is 23.0. The minimum Gasteiger partial charge on any atom is -0.399 e. The van der Waals surface area contributed by atoms with E-state index < -0.39 is 0 Å². The number of nitrogens with zero attached hydrogens (tertiary/aromatic N) is 3. The lowest BCUT2D eigenvalue weighted by Gasteiger charge is -2.13. The molecule has 0 atom stereocenters. The number of nitrogens with one attached hydrogen (secondary N) is 1. The van der Waals surface area contributed by atoms with Crippen LogP contribution in [0.15, 0.2) is 76.0 Å². The van der Waals surface area contributed by atoms with Crippen molar-refractivity contribution >= 4 is 23.3 Å². The highest BCUT2D eigenvalue weighted by Crippen LogP contribution is 2.24. The molecule has 0 aliphatic rings. The van der Waals surface area contributed by atoms with Gasteiger partial charge in [-0.1, -0.05) is 36.0 Å². The van der Waals surface area contributed by atoms with Crippen molar-refractivity contribution in [1.29, 1.82) is 0 Å². The summed E-state index contributed by atoms with van der Waals surface area (Å²) in [5.74, 6) is 0.251. The molecule has 2 aromatic heterocycles. The standard InChI is InChI=1S/C25H29N7O2/c1-14(2)30-25(28)23(15(3)26)24(27)18-9-7-17(8-10-18)12-21(33)31-22-13-20(32-34-22)19-6-5-11-29-16(19)4/h5-11,13-14H,3,12,26-27H2,1-2,4H3,(H2,28,30)(H,31,33)/b24-23-. The Balaban J connectivity index is 1.70. The number of rotatable bonds is 8. The number of pyridine rings is 1. The van der Waals surface area contributed by atoms with E-state index in [0.717, 1.165) is 16.8 Å². The predicted molar refractivity (Wildman–Crippen MR) is 134 cm³/mol. The first kappa shape index (κ1) is 24.2. The highest BCUT2D eigenvalue weighted by molar-refractivity contribution is 6.07. The highest BCUT2D eigenvalue weighted by atomic mass is 16.5. The van der Waals surface area contributed by atoms with E-state index in [2.05, 4.69) is 27.0 Å². The Hall–Kier alpha value is -4.40. The number of aromatic nitrogens is 2. The van der Waals surface area contributed by atoms with Gasteiger partial charge in [-0.15, -0.1) is 0 Å². The van der Waals surface area contributed by atoms with E-state index in [0.29, 0.717) is 22.5 Å². The number of aryl methyl sites for hydroxylation is 1. The van der Waals surface area contributed by atoms with Gasteiger partial charge >= 0.3 is 0 Å².